The summed E-state index contributed by atoms with van der Waals surface area (Å²) < 4.78 is 0. The molecule has 0 rings (SSSR count). The van der Waals surface area contributed by atoms with Crippen molar-refractivity contribution in [3.05, 3.63) is 0 Å². The van der Waals surface area contributed by atoms with Gasteiger partial charge in [-0.2, -0.15) is 0 Å². The Bertz CT molecular complexity index is 216. The number of nitrogens with one attached hydrogen (secondary N) is 1. The minimum atomic E-state index is -0.775. The van der Waals surface area contributed by atoms with E-state index in [-0.39, 0.29) is 24.9 Å². The van der Waals surface area contributed by atoms with E-state index < -0.39 is 6.04 Å². The number of carbonyl (C=O) groups excluding carboxylic acids is 1. The molecule has 0 fully saturated rings. The first-order valence-electron chi connectivity index (χ1n) is 7.86. The Hall–Kier alpha value is -0.320. The lowest BCUT2D eigenvalue weighted by molar-refractivity contribution is -0.123. The second-order valence-electron chi connectivity index (χ2n) is 5.26. The molecule has 0 bridgehead atoms. The van der Waals surface area contributed by atoms with Crippen LogP contribution < -0.4 is 11.1 Å². The predicted octanol–water partition coefficient (Wildman–Crippen LogP) is 2.76. The lowest BCUT2D eigenvalue weighted by Gasteiger charge is -2.09. The monoisotopic (exact) mass is 308 g/mol. The van der Waals surface area contributed by atoms with Gasteiger partial charge in [0.1, 0.15) is 6.04 Å². The van der Waals surface area contributed by atoms with Crippen molar-refractivity contribution in [1.82, 2.24) is 5.32 Å². The van der Waals surface area contributed by atoms with Gasteiger partial charge in [0.25, 0.3) is 0 Å². The van der Waals surface area contributed by atoms with Crippen LogP contribution in [0.1, 0.15) is 71.1 Å². The molecular weight excluding hydrogens is 276 g/mol. The molecule has 0 spiro atoms. The Morgan fingerprint density at radius 1 is 1.00 bits per heavy atom. The highest BCUT2D eigenvalue weighted by Crippen LogP contribution is 2.10. The largest absolute Gasteiger partial charge is 0.394 e. The van der Waals surface area contributed by atoms with Crippen molar-refractivity contribution in [2.75, 3.05) is 13.2 Å². The average molecular weight is 309 g/mol. The van der Waals surface area contributed by atoms with Gasteiger partial charge in [0.2, 0.25) is 5.91 Å². The maximum absolute atomic E-state index is 11.2. The number of carbonyl (C=O) groups is 1. The number of halogens is 1. The third-order valence-corrected chi connectivity index (χ3v) is 3.36. The van der Waals surface area contributed by atoms with E-state index in [1.807, 2.05) is 0 Å². The maximum atomic E-state index is 11.2. The van der Waals surface area contributed by atoms with E-state index >= 15 is 0 Å². The van der Waals surface area contributed by atoms with E-state index in [2.05, 4.69) is 12.2 Å². The zero-order valence-corrected chi connectivity index (χ0v) is 13.7. The zero-order valence-electron chi connectivity index (χ0n) is 12.9. The van der Waals surface area contributed by atoms with Crippen LogP contribution in [0.4, 0.5) is 0 Å². The first kappa shape index (κ1) is 22.0. The summed E-state index contributed by atoms with van der Waals surface area (Å²) in [5.41, 5.74) is 5.38. The molecule has 4 nitrogen and oxygen atoms in total. The molecule has 0 saturated carbocycles. The number of rotatable bonds is 13. The Morgan fingerprint density at radius 2 is 1.45 bits per heavy atom. The van der Waals surface area contributed by atoms with Gasteiger partial charge in [-0.1, -0.05) is 64.7 Å². The number of unbranched alkanes of at least 4 members (excludes halogenated alkanes) is 9. The van der Waals surface area contributed by atoms with Gasteiger partial charge in [0, 0.05) is 6.54 Å². The van der Waals surface area contributed by atoms with E-state index in [9.17, 15) is 4.79 Å². The summed E-state index contributed by atoms with van der Waals surface area (Å²) >= 11 is 0. The summed E-state index contributed by atoms with van der Waals surface area (Å²) in [7, 11) is 0. The summed E-state index contributed by atoms with van der Waals surface area (Å²) in [4.78, 5) is 11.2. The molecule has 5 heteroatoms. The molecule has 0 unspecified atom stereocenters. The minimum absolute atomic E-state index is 0. The molecule has 1 atom stereocenters. The van der Waals surface area contributed by atoms with E-state index in [1.54, 1.807) is 0 Å². The van der Waals surface area contributed by atoms with Crippen molar-refractivity contribution >= 4 is 18.3 Å². The second kappa shape index (κ2) is 16.7. The van der Waals surface area contributed by atoms with E-state index in [0.717, 1.165) is 12.8 Å². The van der Waals surface area contributed by atoms with Gasteiger partial charge in [0.05, 0.1) is 6.61 Å². The average Bonchev–Trinajstić information content (AvgIpc) is 2.43. The number of hydrogen-bond acceptors (Lipinski definition) is 3. The number of aliphatic hydroxyl groups is 1. The van der Waals surface area contributed by atoms with Crippen molar-refractivity contribution in [2.24, 2.45) is 5.73 Å². The molecule has 1 amide bonds. The molecule has 0 radical (unpaired) electrons. The Labute approximate surface area is 130 Å². The van der Waals surface area contributed by atoms with Gasteiger partial charge >= 0.3 is 0 Å². The Morgan fingerprint density at radius 3 is 1.90 bits per heavy atom. The van der Waals surface area contributed by atoms with Gasteiger partial charge in [-0.05, 0) is 6.42 Å². The van der Waals surface area contributed by atoms with Crippen molar-refractivity contribution in [3.63, 3.8) is 0 Å². The van der Waals surface area contributed by atoms with Gasteiger partial charge in [0.15, 0.2) is 0 Å². The van der Waals surface area contributed by atoms with Crippen LogP contribution >= 0.6 is 12.4 Å². The highest BCUT2D eigenvalue weighted by Gasteiger charge is 2.09. The minimum Gasteiger partial charge on any atom is -0.394 e. The fourth-order valence-electron chi connectivity index (χ4n) is 2.04. The van der Waals surface area contributed by atoms with E-state index in [1.165, 1.54) is 51.4 Å². The van der Waals surface area contributed by atoms with Crippen LogP contribution in [0.2, 0.25) is 0 Å². The van der Waals surface area contributed by atoms with Crippen LogP contribution in [0.5, 0.6) is 0 Å². The molecule has 0 aromatic carbocycles. The molecule has 0 aromatic heterocycles. The molecule has 20 heavy (non-hydrogen) atoms. The zero-order chi connectivity index (χ0) is 14.3. The summed E-state index contributed by atoms with van der Waals surface area (Å²) in [6.07, 6.45) is 12.8. The number of hydrogen-bond donors (Lipinski definition) is 3. The second-order valence-corrected chi connectivity index (χ2v) is 5.26. The van der Waals surface area contributed by atoms with Crippen LogP contribution in [-0.4, -0.2) is 30.2 Å². The fourth-order valence-corrected chi connectivity index (χ4v) is 2.04. The van der Waals surface area contributed by atoms with E-state index in [0.29, 0.717) is 6.54 Å². The Kier molecular flexibility index (Phi) is 18.4. The smallest absolute Gasteiger partial charge is 0.239 e. The van der Waals surface area contributed by atoms with Crippen molar-refractivity contribution in [3.8, 4) is 0 Å². The maximum Gasteiger partial charge on any atom is 0.239 e. The van der Waals surface area contributed by atoms with Crippen LogP contribution in [-0.2, 0) is 4.79 Å². The summed E-state index contributed by atoms with van der Waals surface area (Å²) in [5.74, 6) is -0.251. The van der Waals surface area contributed by atoms with Crippen LogP contribution in [0.15, 0.2) is 0 Å². The third kappa shape index (κ3) is 14.1. The number of nitrogens with two attached hydrogens (primary N) is 1. The van der Waals surface area contributed by atoms with Crippen LogP contribution in [0, 0.1) is 0 Å². The number of aliphatic hydroxyl groups excluding tert-OH is 1. The van der Waals surface area contributed by atoms with Crippen molar-refractivity contribution in [1.29, 1.82) is 0 Å². The summed E-state index contributed by atoms with van der Waals surface area (Å²) in [6.45, 7) is 2.62. The van der Waals surface area contributed by atoms with E-state index in [4.69, 9.17) is 10.8 Å². The molecule has 0 aliphatic heterocycles. The molecule has 0 aliphatic rings. The SMILES string of the molecule is CCCCCCCCCCCCNC(=O)[C@@H](N)CO.Cl. The first-order valence-corrected chi connectivity index (χ1v) is 7.86. The standard InChI is InChI=1S/C15H32N2O2.ClH/c1-2-3-4-5-6-7-8-9-10-11-12-17-15(19)14(16)13-18;/h14,18H,2-13,16H2,1H3,(H,17,19);1H/t14-;/m0./s1. The van der Waals surface area contributed by atoms with Crippen molar-refractivity contribution < 1.29 is 9.90 Å². The van der Waals surface area contributed by atoms with Crippen LogP contribution in [0.3, 0.4) is 0 Å². The Balaban J connectivity index is 0. The first-order chi connectivity index (χ1) is 9.22. The molecule has 4 N–H and O–H groups in total. The summed E-state index contributed by atoms with van der Waals surface area (Å²) in [5, 5.41) is 11.4. The highest BCUT2D eigenvalue weighted by atomic mass is 35.5. The highest BCUT2D eigenvalue weighted by molar-refractivity contribution is 5.85. The predicted molar refractivity (Wildman–Crippen MR) is 87.2 cm³/mol. The molecule has 0 aliphatic carbocycles. The molecule has 122 valence electrons. The van der Waals surface area contributed by atoms with Gasteiger partial charge < -0.3 is 16.2 Å². The van der Waals surface area contributed by atoms with Crippen LogP contribution in [0.25, 0.3) is 0 Å². The topological polar surface area (TPSA) is 75.4 Å². The lowest BCUT2D eigenvalue weighted by atomic mass is 10.1. The third-order valence-electron chi connectivity index (χ3n) is 3.36. The van der Waals surface area contributed by atoms with Crippen molar-refractivity contribution in [2.45, 2.75) is 77.2 Å². The quantitative estimate of drug-likeness (QED) is 0.458. The number of amides is 1. The molecular formula is C15H33ClN2O2. The van der Waals surface area contributed by atoms with Gasteiger partial charge in [-0.15, -0.1) is 12.4 Å². The molecule has 0 aromatic rings. The lowest BCUT2D eigenvalue weighted by Crippen LogP contribution is -2.43. The normalized spacial score (nSPS) is 11.8. The van der Waals surface area contributed by atoms with Gasteiger partial charge in [-0.25, -0.2) is 0 Å². The summed E-state index contributed by atoms with van der Waals surface area (Å²) in [6, 6.07) is -0.775. The van der Waals surface area contributed by atoms with Gasteiger partial charge in [-0.3, -0.25) is 4.79 Å². The molecule has 0 saturated heterocycles. The fraction of sp³-hybridized carbons (Fsp3) is 0.933. The molecule has 0 heterocycles.